The molecule has 72 valence electrons. The molecule has 0 aromatic carbocycles. The van der Waals surface area contributed by atoms with Crippen LogP contribution in [0.15, 0.2) is 36.0 Å². The fourth-order valence-corrected chi connectivity index (χ4v) is 1.70. The molecular formula is C13H20. The van der Waals surface area contributed by atoms with Gasteiger partial charge in [0.2, 0.25) is 0 Å². The number of hydrogen-bond donors (Lipinski definition) is 0. The molecular weight excluding hydrogens is 156 g/mol. The van der Waals surface area contributed by atoms with E-state index in [-0.39, 0.29) is 0 Å². The molecule has 0 aromatic rings. The van der Waals surface area contributed by atoms with Gasteiger partial charge in [-0.15, -0.1) is 0 Å². The van der Waals surface area contributed by atoms with E-state index in [2.05, 4.69) is 44.2 Å². The molecule has 0 saturated heterocycles. The molecule has 1 unspecified atom stereocenters. The molecule has 1 atom stereocenters. The first kappa shape index (κ1) is 10.3. The zero-order valence-corrected chi connectivity index (χ0v) is 9.01. The van der Waals surface area contributed by atoms with Gasteiger partial charge in [0, 0.05) is 0 Å². The molecule has 0 saturated carbocycles. The van der Waals surface area contributed by atoms with Crippen LogP contribution < -0.4 is 0 Å². The minimum absolute atomic E-state index is 0.537. The molecule has 0 spiro atoms. The lowest BCUT2D eigenvalue weighted by Crippen LogP contribution is -2.09. The van der Waals surface area contributed by atoms with E-state index in [9.17, 15) is 0 Å². The van der Waals surface area contributed by atoms with Gasteiger partial charge in [0.25, 0.3) is 0 Å². The standard InChI is InChI=1S/C13H20/c1-4-6-7-8-12-9-10-13(3,5-2)11-12/h4,6-9H,5,10-11H2,1-3H3/b6-4-,8-7-. The molecule has 0 amide bonds. The second-order valence-electron chi connectivity index (χ2n) is 4.21. The summed E-state index contributed by atoms with van der Waals surface area (Å²) in [6, 6.07) is 0. The largest absolute Gasteiger partial charge is 0.0877 e. The van der Waals surface area contributed by atoms with Crippen molar-refractivity contribution in [3.05, 3.63) is 36.0 Å². The smallest absolute Gasteiger partial charge is 0.0225 e. The van der Waals surface area contributed by atoms with Gasteiger partial charge in [-0.3, -0.25) is 0 Å². The predicted octanol–water partition coefficient (Wildman–Crippen LogP) is 4.26. The Morgan fingerprint density at radius 2 is 2.23 bits per heavy atom. The van der Waals surface area contributed by atoms with Gasteiger partial charge < -0.3 is 0 Å². The molecule has 0 bridgehead atoms. The van der Waals surface area contributed by atoms with Gasteiger partial charge in [-0.05, 0) is 25.2 Å². The molecule has 0 N–H and O–H groups in total. The molecule has 0 aliphatic heterocycles. The number of allylic oxidation sites excluding steroid dienone is 6. The minimum Gasteiger partial charge on any atom is -0.0877 e. The van der Waals surface area contributed by atoms with Gasteiger partial charge in [0.05, 0.1) is 0 Å². The molecule has 1 rings (SSSR count). The molecule has 0 fully saturated rings. The summed E-state index contributed by atoms with van der Waals surface area (Å²) in [7, 11) is 0. The van der Waals surface area contributed by atoms with Crippen molar-refractivity contribution < 1.29 is 0 Å². The Hall–Kier alpha value is -0.780. The van der Waals surface area contributed by atoms with Crippen LogP contribution in [0.1, 0.15) is 40.0 Å². The highest BCUT2D eigenvalue weighted by Gasteiger charge is 2.26. The molecule has 0 aromatic heterocycles. The summed E-state index contributed by atoms with van der Waals surface area (Å²) in [4.78, 5) is 0. The van der Waals surface area contributed by atoms with E-state index in [1.165, 1.54) is 24.8 Å². The van der Waals surface area contributed by atoms with E-state index in [0.29, 0.717) is 5.41 Å². The summed E-state index contributed by atoms with van der Waals surface area (Å²) in [5, 5.41) is 0. The van der Waals surface area contributed by atoms with Crippen LogP contribution in [0, 0.1) is 5.41 Å². The van der Waals surface area contributed by atoms with Crippen LogP contribution in [-0.4, -0.2) is 0 Å². The first-order valence-electron chi connectivity index (χ1n) is 5.18. The summed E-state index contributed by atoms with van der Waals surface area (Å²) in [5.74, 6) is 0. The zero-order valence-electron chi connectivity index (χ0n) is 9.01. The number of rotatable bonds is 3. The van der Waals surface area contributed by atoms with E-state index in [4.69, 9.17) is 0 Å². The van der Waals surface area contributed by atoms with Crippen molar-refractivity contribution in [3.63, 3.8) is 0 Å². The van der Waals surface area contributed by atoms with Crippen molar-refractivity contribution in [1.82, 2.24) is 0 Å². The fraction of sp³-hybridized carbons (Fsp3) is 0.538. The Morgan fingerprint density at radius 1 is 1.46 bits per heavy atom. The van der Waals surface area contributed by atoms with Crippen molar-refractivity contribution in [2.75, 3.05) is 0 Å². The zero-order chi connectivity index (χ0) is 9.73. The third-order valence-corrected chi connectivity index (χ3v) is 2.96. The average molecular weight is 176 g/mol. The van der Waals surface area contributed by atoms with Crippen molar-refractivity contribution >= 4 is 0 Å². The summed E-state index contributed by atoms with van der Waals surface area (Å²) >= 11 is 0. The van der Waals surface area contributed by atoms with Gasteiger partial charge in [0.1, 0.15) is 0 Å². The van der Waals surface area contributed by atoms with E-state index in [1.54, 1.807) is 0 Å². The summed E-state index contributed by atoms with van der Waals surface area (Å²) in [5.41, 5.74) is 2.04. The van der Waals surface area contributed by atoms with Crippen LogP contribution in [0.5, 0.6) is 0 Å². The maximum Gasteiger partial charge on any atom is -0.0225 e. The Kier molecular flexibility index (Phi) is 3.53. The predicted molar refractivity (Wildman–Crippen MR) is 59.7 cm³/mol. The summed E-state index contributed by atoms with van der Waals surface area (Å²) in [6.45, 7) is 6.70. The molecule has 1 aliphatic carbocycles. The van der Waals surface area contributed by atoms with Crippen molar-refractivity contribution in [1.29, 1.82) is 0 Å². The molecule has 0 heteroatoms. The minimum atomic E-state index is 0.537. The van der Waals surface area contributed by atoms with Gasteiger partial charge in [0.15, 0.2) is 0 Å². The monoisotopic (exact) mass is 176 g/mol. The maximum absolute atomic E-state index is 2.38. The Morgan fingerprint density at radius 3 is 2.77 bits per heavy atom. The van der Waals surface area contributed by atoms with E-state index < -0.39 is 0 Å². The Balaban J connectivity index is 2.49. The van der Waals surface area contributed by atoms with Crippen LogP contribution in [0.2, 0.25) is 0 Å². The van der Waals surface area contributed by atoms with Crippen LogP contribution >= 0.6 is 0 Å². The third kappa shape index (κ3) is 2.87. The Labute approximate surface area is 82.0 Å². The average Bonchev–Trinajstić information content (AvgIpc) is 2.50. The van der Waals surface area contributed by atoms with Gasteiger partial charge in [-0.1, -0.05) is 56.2 Å². The lowest BCUT2D eigenvalue weighted by Gasteiger charge is -2.21. The van der Waals surface area contributed by atoms with Crippen molar-refractivity contribution in [3.8, 4) is 0 Å². The molecule has 13 heavy (non-hydrogen) atoms. The quantitative estimate of drug-likeness (QED) is 0.564. The van der Waals surface area contributed by atoms with Gasteiger partial charge in [-0.2, -0.15) is 0 Å². The van der Waals surface area contributed by atoms with Crippen molar-refractivity contribution in [2.24, 2.45) is 5.41 Å². The highest BCUT2D eigenvalue weighted by Crippen LogP contribution is 2.40. The van der Waals surface area contributed by atoms with Crippen LogP contribution in [-0.2, 0) is 0 Å². The fourth-order valence-electron chi connectivity index (χ4n) is 1.70. The van der Waals surface area contributed by atoms with Gasteiger partial charge in [-0.25, -0.2) is 0 Å². The molecule has 0 heterocycles. The summed E-state index contributed by atoms with van der Waals surface area (Å²) < 4.78 is 0. The molecule has 0 radical (unpaired) electrons. The topological polar surface area (TPSA) is 0 Å². The maximum atomic E-state index is 2.38. The number of hydrogen-bond acceptors (Lipinski definition) is 0. The van der Waals surface area contributed by atoms with Crippen LogP contribution in [0.25, 0.3) is 0 Å². The Bertz CT molecular complexity index is 243. The lowest BCUT2D eigenvalue weighted by atomic mass is 9.84. The van der Waals surface area contributed by atoms with Gasteiger partial charge >= 0.3 is 0 Å². The van der Waals surface area contributed by atoms with Crippen LogP contribution in [0.4, 0.5) is 0 Å². The normalized spacial score (nSPS) is 29.0. The molecule has 0 nitrogen and oxygen atoms in total. The first-order valence-corrected chi connectivity index (χ1v) is 5.18. The second kappa shape index (κ2) is 4.45. The summed E-state index contributed by atoms with van der Waals surface area (Å²) in [6.07, 6.45) is 14.7. The lowest BCUT2D eigenvalue weighted by molar-refractivity contribution is 0.335. The van der Waals surface area contributed by atoms with Crippen molar-refractivity contribution in [2.45, 2.75) is 40.0 Å². The highest BCUT2D eigenvalue weighted by molar-refractivity contribution is 5.27. The highest BCUT2D eigenvalue weighted by atomic mass is 14.3. The van der Waals surface area contributed by atoms with E-state index in [0.717, 1.165) is 0 Å². The third-order valence-electron chi connectivity index (χ3n) is 2.96. The first-order chi connectivity index (χ1) is 6.20. The second-order valence-corrected chi connectivity index (χ2v) is 4.21. The van der Waals surface area contributed by atoms with E-state index in [1.807, 2.05) is 6.92 Å². The van der Waals surface area contributed by atoms with E-state index >= 15 is 0 Å². The van der Waals surface area contributed by atoms with Crippen LogP contribution in [0.3, 0.4) is 0 Å². The molecule has 1 aliphatic rings. The SMILES string of the molecule is C/C=C\C=C/C1=CCC(C)(CC)C1.